The molecule has 0 aliphatic carbocycles. The molecule has 0 radical (unpaired) electrons. The number of nitrogens with zero attached hydrogens (tertiary/aromatic N) is 1. The Morgan fingerprint density at radius 3 is 2.44 bits per heavy atom. The fourth-order valence-electron chi connectivity index (χ4n) is 2.22. The maximum Gasteiger partial charge on any atom is 0.239 e. The first-order valence-electron chi connectivity index (χ1n) is 5.81. The van der Waals surface area contributed by atoms with Crippen LogP contribution in [0, 0.1) is 0 Å². The lowest BCUT2D eigenvalue weighted by molar-refractivity contribution is -0.133. The van der Waals surface area contributed by atoms with Gasteiger partial charge in [0.2, 0.25) is 5.91 Å². The molecule has 5 nitrogen and oxygen atoms in total. The van der Waals surface area contributed by atoms with E-state index in [-0.39, 0.29) is 23.5 Å². The van der Waals surface area contributed by atoms with Gasteiger partial charge in [-0.25, -0.2) is 8.42 Å². The molecule has 0 aromatic carbocycles. The fraction of sp³-hybridized carbons (Fsp3) is 0.900. The molecule has 2 heterocycles. The Kier molecular flexibility index (Phi) is 3.49. The lowest BCUT2D eigenvalue weighted by atomic mass is 10.0. The minimum atomic E-state index is -2.89. The van der Waals surface area contributed by atoms with Crippen LogP contribution in [0.15, 0.2) is 0 Å². The normalized spacial score (nSPS) is 30.0. The van der Waals surface area contributed by atoms with Crippen molar-refractivity contribution < 1.29 is 13.2 Å². The van der Waals surface area contributed by atoms with Crippen molar-refractivity contribution in [2.45, 2.75) is 25.3 Å². The van der Waals surface area contributed by atoms with Gasteiger partial charge in [-0.2, -0.15) is 0 Å². The molecule has 16 heavy (non-hydrogen) atoms. The molecule has 2 aliphatic heterocycles. The van der Waals surface area contributed by atoms with E-state index in [1.807, 2.05) is 0 Å². The van der Waals surface area contributed by atoms with Crippen LogP contribution in [0.3, 0.4) is 0 Å². The van der Waals surface area contributed by atoms with E-state index in [2.05, 4.69) is 5.32 Å². The summed E-state index contributed by atoms with van der Waals surface area (Å²) in [5.74, 6) is 0.311. The van der Waals surface area contributed by atoms with Crippen molar-refractivity contribution in [3.8, 4) is 0 Å². The van der Waals surface area contributed by atoms with E-state index in [9.17, 15) is 13.2 Å². The van der Waals surface area contributed by atoms with Crippen LogP contribution in [0.1, 0.15) is 19.3 Å². The highest BCUT2D eigenvalue weighted by Gasteiger charge is 2.30. The summed E-state index contributed by atoms with van der Waals surface area (Å²) in [6.45, 7) is 1.61. The van der Waals surface area contributed by atoms with Gasteiger partial charge < -0.3 is 10.2 Å². The molecule has 6 heteroatoms. The summed E-state index contributed by atoms with van der Waals surface area (Å²) in [5, 5.41) is 3.20. The number of carbonyl (C=O) groups is 1. The molecule has 2 rings (SSSR count). The number of piperidine rings is 1. The lowest BCUT2D eigenvalue weighted by Crippen LogP contribution is -2.52. The molecule has 0 aromatic heterocycles. The van der Waals surface area contributed by atoms with Crippen LogP contribution in [-0.4, -0.2) is 56.4 Å². The molecule has 0 saturated carbocycles. The number of carbonyl (C=O) groups excluding carboxylic acids is 1. The molecule has 0 spiro atoms. The Balaban J connectivity index is 1.90. The van der Waals surface area contributed by atoms with Crippen molar-refractivity contribution in [2.24, 2.45) is 0 Å². The highest BCUT2D eigenvalue weighted by atomic mass is 32.2. The van der Waals surface area contributed by atoms with Gasteiger partial charge in [0.1, 0.15) is 0 Å². The average molecular weight is 246 g/mol. The van der Waals surface area contributed by atoms with Crippen LogP contribution in [0.4, 0.5) is 0 Å². The van der Waals surface area contributed by atoms with Crippen molar-refractivity contribution >= 4 is 15.7 Å². The first kappa shape index (κ1) is 11.9. The minimum absolute atomic E-state index is 0.0783. The Morgan fingerprint density at radius 1 is 1.19 bits per heavy atom. The molecule has 0 unspecified atom stereocenters. The first-order valence-corrected chi connectivity index (χ1v) is 7.63. The SMILES string of the molecule is O=C([C@@H]1CCCCN1)N1CCS(=O)(=O)CC1. The number of sulfone groups is 1. The number of rotatable bonds is 1. The van der Waals surface area contributed by atoms with Crippen LogP contribution < -0.4 is 5.32 Å². The van der Waals surface area contributed by atoms with E-state index in [4.69, 9.17) is 0 Å². The van der Waals surface area contributed by atoms with Gasteiger partial charge in [0.15, 0.2) is 9.84 Å². The molecule has 1 atom stereocenters. The predicted molar refractivity (Wildman–Crippen MR) is 60.9 cm³/mol. The molecule has 92 valence electrons. The van der Waals surface area contributed by atoms with Crippen LogP contribution in [0.25, 0.3) is 0 Å². The van der Waals surface area contributed by atoms with Gasteiger partial charge in [-0.05, 0) is 19.4 Å². The molecule has 2 aliphatic rings. The second-order valence-electron chi connectivity index (χ2n) is 4.48. The molecule has 0 bridgehead atoms. The van der Waals surface area contributed by atoms with Gasteiger partial charge in [0.05, 0.1) is 17.5 Å². The molecular formula is C10H18N2O3S. The van der Waals surface area contributed by atoms with Gasteiger partial charge in [0.25, 0.3) is 0 Å². The van der Waals surface area contributed by atoms with Gasteiger partial charge in [-0.15, -0.1) is 0 Å². The van der Waals surface area contributed by atoms with E-state index < -0.39 is 9.84 Å². The molecule has 1 N–H and O–H groups in total. The van der Waals surface area contributed by atoms with Crippen LogP contribution in [0.2, 0.25) is 0 Å². The summed E-state index contributed by atoms with van der Waals surface area (Å²) in [6, 6.07) is -0.0884. The van der Waals surface area contributed by atoms with E-state index >= 15 is 0 Å². The minimum Gasteiger partial charge on any atom is -0.339 e. The van der Waals surface area contributed by atoms with E-state index in [0.29, 0.717) is 13.1 Å². The second kappa shape index (κ2) is 4.71. The summed E-state index contributed by atoms with van der Waals surface area (Å²) in [7, 11) is -2.89. The van der Waals surface area contributed by atoms with Crippen molar-refractivity contribution in [2.75, 3.05) is 31.1 Å². The highest BCUT2D eigenvalue weighted by molar-refractivity contribution is 7.91. The molecule has 1 amide bonds. The predicted octanol–water partition coefficient (Wildman–Crippen LogP) is -0.614. The third-order valence-corrected chi connectivity index (χ3v) is 4.87. The van der Waals surface area contributed by atoms with Gasteiger partial charge >= 0.3 is 0 Å². The topological polar surface area (TPSA) is 66.5 Å². The lowest BCUT2D eigenvalue weighted by Gasteiger charge is -2.32. The Hall–Kier alpha value is -0.620. The third-order valence-electron chi connectivity index (χ3n) is 3.26. The number of nitrogens with one attached hydrogen (secondary N) is 1. The van der Waals surface area contributed by atoms with E-state index in [1.165, 1.54) is 0 Å². The summed E-state index contributed by atoms with van der Waals surface area (Å²) in [5.41, 5.74) is 0. The van der Waals surface area contributed by atoms with Gasteiger partial charge in [-0.1, -0.05) is 6.42 Å². The first-order chi connectivity index (χ1) is 7.58. The number of hydrogen-bond acceptors (Lipinski definition) is 4. The van der Waals surface area contributed by atoms with Crippen molar-refractivity contribution in [3.63, 3.8) is 0 Å². The monoisotopic (exact) mass is 246 g/mol. The van der Waals surface area contributed by atoms with Crippen molar-refractivity contribution in [1.29, 1.82) is 0 Å². The third kappa shape index (κ3) is 2.74. The Labute approximate surface area is 96.1 Å². The van der Waals surface area contributed by atoms with E-state index in [1.54, 1.807) is 4.90 Å². The van der Waals surface area contributed by atoms with Gasteiger partial charge in [0, 0.05) is 13.1 Å². The fourth-order valence-corrected chi connectivity index (χ4v) is 3.42. The van der Waals surface area contributed by atoms with Gasteiger partial charge in [-0.3, -0.25) is 4.79 Å². The smallest absolute Gasteiger partial charge is 0.239 e. The Morgan fingerprint density at radius 2 is 1.88 bits per heavy atom. The molecule has 2 saturated heterocycles. The zero-order valence-corrected chi connectivity index (χ0v) is 10.1. The number of hydrogen-bond donors (Lipinski definition) is 1. The maximum atomic E-state index is 12.0. The standard InChI is InChI=1S/C10H18N2O3S/c13-10(9-3-1-2-4-11-9)12-5-7-16(14,15)8-6-12/h9,11H,1-8H2/t9-/m0/s1. The van der Waals surface area contributed by atoms with E-state index in [0.717, 1.165) is 25.8 Å². The molecule has 2 fully saturated rings. The van der Waals surface area contributed by atoms with Crippen LogP contribution in [-0.2, 0) is 14.6 Å². The summed E-state index contributed by atoms with van der Waals surface area (Å²) in [6.07, 6.45) is 3.08. The average Bonchev–Trinajstić information content (AvgIpc) is 2.29. The molecule has 0 aromatic rings. The van der Waals surface area contributed by atoms with Crippen molar-refractivity contribution in [3.05, 3.63) is 0 Å². The van der Waals surface area contributed by atoms with Crippen LogP contribution in [0.5, 0.6) is 0 Å². The zero-order chi connectivity index (χ0) is 11.6. The summed E-state index contributed by atoms with van der Waals surface area (Å²) >= 11 is 0. The molecular weight excluding hydrogens is 228 g/mol. The quantitative estimate of drug-likeness (QED) is 0.670. The largest absolute Gasteiger partial charge is 0.339 e. The number of amides is 1. The highest BCUT2D eigenvalue weighted by Crippen LogP contribution is 2.12. The maximum absolute atomic E-state index is 12.0. The van der Waals surface area contributed by atoms with Crippen molar-refractivity contribution in [1.82, 2.24) is 10.2 Å². The summed E-state index contributed by atoms with van der Waals surface area (Å²) in [4.78, 5) is 13.7. The summed E-state index contributed by atoms with van der Waals surface area (Å²) < 4.78 is 22.5. The zero-order valence-electron chi connectivity index (χ0n) is 9.31. The Bertz CT molecular complexity index is 346. The van der Waals surface area contributed by atoms with Crippen LogP contribution >= 0.6 is 0 Å². The second-order valence-corrected chi connectivity index (χ2v) is 6.78.